The van der Waals surface area contributed by atoms with E-state index >= 15 is 0 Å². The van der Waals surface area contributed by atoms with Gasteiger partial charge in [-0.05, 0) is 18.2 Å². The molecular formula is C16H8F6N4O2S. The molecule has 2 heterocycles. The monoisotopic (exact) mass is 434 g/mol. The van der Waals surface area contributed by atoms with Gasteiger partial charge < -0.3 is 5.11 Å². The summed E-state index contributed by atoms with van der Waals surface area (Å²) in [4.78, 5) is 18.9. The molecule has 2 aromatic heterocycles. The van der Waals surface area contributed by atoms with E-state index in [-0.39, 0.29) is 16.6 Å². The summed E-state index contributed by atoms with van der Waals surface area (Å²) < 4.78 is 78.8. The summed E-state index contributed by atoms with van der Waals surface area (Å²) >= 11 is 1.02. The van der Waals surface area contributed by atoms with Crippen molar-refractivity contribution in [3.8, 4) is 11.4 Å². The number of carboxylic acid groups (broad SMARTS) is 1. The molecule has 0 spiro atoms. The van der Waals surface area contributed by atoms with Gasteiger partial charge in [0.15, 0.2) is 5.82 Å². The van der Waals surface area contributed by atoms with Gasteiger partial charge in [0.1, 0.15) is 16.9 Å². The van der Waals surface area contributed by atoms with Crippen LogP contribution in [-0.2, 0) is 17.1 Å². The minimum atomic E-state index is -5.01. The van der Waals surface area contributed by atoms with Crippen molar-refractivity contribution in [2.75, 3.05) is 0 Å². The highest BCUT2D eigenvalue weighted by molar-refractivity contribution is 7.11. The van der Waals surface area contributed by atoms with Crippen molar-refractivity contribution >= 4 is 29.1 Å². The summed E-state index contributed by atoms with van der Waals surface area (Å²) in [6.45, 7) is 0. The minimum absolute atomic E-state index is 0.00854. The zero-order valence-corrected chi connectivity index (χ0v) is 14.7. The van der Waals surface area contributed by atoms with Crippen molar-refractivity contribution in [1.29, 1.82) is 0 Å². The Morgan fingerprint density at radius 1 is 1.03 bits per heavy atom. The third-order valence-electron chi connectivity index (χ3n) is 3.51. The number of alkyl halides is 6. The van der Waals surface area contributed by atoms with Gasteiger partial charge in [-0.1, -0.05) is 0 Å². The van der Waals surface area contributed by atoms with E-state index < -0.39 is 40.8 Å². The van der Waals surface area contributed by atoms with Gasteiger partial charge in [0.05, 0.1) is 11.1 Å². The maximum absolute atomic E-state index is 13.0. The van der Waals surface area contributed by atoms with Crippen LogP contribution in [0.5, 0.6) is 0 Å². The van der Waals surface area contributed by atoms with E-state index in [0.29, 0.717) is 12.1 Å². The molecular weight excluding hydrogens is 426 g/mol. The fraction of sp³-hybridized carbons (Fsp3) is 0.125. The molecule has 0 amide bonds. The fourth-order valence-electron chi connectivity index (χ4n) is 2.24. The van der Waals surface area contributed by atoms with E-state index in [2.05, 4.69) is 15.1 Å². The standard InChI is InChI=1S/C16H8F6N4O2S/c17-15(18,19)9-3-8(4-10(5-9)16(20,21)22)12-24-7-26(25-12)6-11(14(27)28)13-23-1-2-29-13/h1-7H,(H,27,28). The molecule has 1 N–H and O–H groups in total. The van der Waals surface area contributed by atoms with Crippen LogP contribution in [0, 0.1) is 0 Å². The van der Waals surface area contributed by atoms with Gasteiger partial charge in [-0.3, -0.25) is 0 Å². The lowest BCUT2D eigenvalue weighted by atomic mass is 10.0. The number of hydrogen-bond acceptors (Lipinski definition) is 5. The van der Waals surface area contributed by atoms with Crippen LogP contribution < -0.4 is 0 Å². The first-order valence-corrected chi connectivity index (χ1v) is 8.39. The molecule has 0 unspecified atom stereocenters. The first kappa shape index (κ1) is 20.5. The van der Waals surface area contributed by atoms with Crippen LogP contribution in [0.25, 0.3) is 23.2 Å². The number of aliphatic carboxylic acids is 1. The highest BCUT2D eigenvalue weighted by Crippen LogP contribution is 2.38. The Morgan fingerprint density at radius 2 is 1.66 bits per heavy atom. The quantitative estimate of drug-likeness (QED) is 0.482. The molecule has 152 valence electrons. The summed E-state index contributed by atoms with van der Waals surface area (Å²) in [5.74, 6) is -1.79. The Balaban J connectivity index is 2.06. The fourth-order valence-corrected chi connectivity index (χ4v) is 2.88. The first-order chi connectivity index (χ1) is 13.4. The maximum Gasteiger partial charge on any atom is 0.416 e. The molecule has 0 saturated heterocycles. The molecule has 0 radical (unpaired) electrons. The molecule has 0 bridgehead atoms. The van der Waals surface area contributed by atoms with Gasteiger partial charge in [0.25, 0.3) is 0 Å². The average Bonchev–Trinajstić information content (AvgIpc) is 3.29. The molecule has 0 fully saturated rings. The number of aromatic nitrogens is 4. The zero-order chi connectivity index (χ0) is 21.4. The number of benzene rings is 1. The van der Waals surface area contributed by atoms with E-state index in [4.69, 9.17) is 0 Å². The summed E-state index contributed by atoms with van der Waals surface area (Å²) in [6, 6.07) is 0.959. The van der Waals surface area contributed by atoms with Crippen LogP contribution in [-0.4, -0.2) is 30.8 Å². The molecule has 29 heavy (non-hydrogen) atoms. The molecule has 0 saturated carbocycles. The van der Waals surface area contributed by atoms with Crippen molar-refractivity contribution in [3.05, 3.63) is 52.2 Å². The van der Waals surface area contributed by atoms with Gasteiger partial charge >= 0.3 is 18.3 Å². The van der Waals surface area contributed by atoms with Crippen LogP contribution in [0.4, 0.5) is 26.3 Å². The predicted octanol–water partition coefficient (Wildman–Crippen LogP) is 4.52. The second-order valence-corrected chi connectivity index (χ2v) is 6.42. The van der Waals surface area contributed by atoms with Crippen LogP contribution >= 0.6 is 11.3 Å². The van der Waals surface area contributed by atoms with Crippen LogP contribution in [0.3, 0.4) is 0 Å². The summed E-state index contributed by atoms with van der Waals surface area (Å²) in [5.41, 5.74) is -3.83. The van der Waals surface area contributed by atoms with E-state index in [0.717, 1.165) is 28.5 Å². The number of halogens is 6. The molecule has 1 aromatic carbocycles. The number of carboxylic acids is 1. The molecule has 0 atom stereocenters. The third-order valence-corrected chi connectivity index (χ3v) is 4.32. The Labute approximate surface area is 161 Å². The van der Waals surface area contributed by atoms with Gasteiger partial charge in [0, 0.05) is 23.3 Å². The van der Waals surface area contributed by atoms with Crippen molar-refractivity contribution in [2.24, 2.45) is 0 Å². The molecule has 0 aliphatic rings. The predicted molar refractivity (Wildman–Crippen MR) is 89.4 cm³/mol. The lowest BCUT2D eigenvalue weighted by Crippen LogP contribution is -2.11. The summed E-state index contributed by atoms with van der Waals surface area (Å²) in [7, 11) is 0. The second kappa shape index (κ2) is 7.31. The minimum Gasteiger partial charge on any atom is -0.478 e. The molecule has 3 aromatic rings. The van der Waals surface area contributed by atoms with E-state index in [1.165, 1.54) is 11.6 Å². The Hall–Kier alpha value is -3.22. The molecule has 13 heteroatoms. The van der Waals surface area contributed by atoms with Crippen molar-refractivity contribution in [3.63, 3.8) is 0 Å². The Morgan fingerprint density at radius 3 is 2.14 bits per heavy atom. The second-order valence-electron chi connectivity index (χ2n) is 5.53. The Bertz CT molecular complexity index is 1040. The summed E-state index contributed by atoms with van der Waals surface area (Å²) in [6.07, 6.45) is -6.71. The van der Waals surface area contributed by atoms with Crippen molar-refractivity contribution in [2.45, 2.75) is 12.4 Å². The van der Waals surface area contributed by atoms with Gasteiger partial charge in [-0.25, -0.2) is 19.4 Å². The highest BCUT2D eigenvalue weighted by Gasteiger charge is 2.37. The smallest absolute Gasteiger partial charge is 0.416 e. The summed E-state index contributed by atoms with van der Waals surface area (Å²) in [5, 5.41) is 14.7. The lowest BCUT2D eigenvalue weighted by Gasteiger charge is -2.13. The van der Waals surface area contributed by atoms with E-state index in [9.17, 15) is 36.2 Å². The number of rotatable bonds is 4. The van der Waals surface area contributed by atoms with Crippen LogP contribution in [0.2, 0.25) is 0 Å². The Kier molecular flexibility index (Phi) is 5.17. The topological polar surface area (TPSA) is 80.9 Å². The first-order valence-electron chi connectivity index (χ1n) is 7.51. The molecule has 0 aliphatic heterocycles. The molecule has 0 aliphatic carbocycles. The lowest BCUT2D eigenvalue weighted by molar-refractivity contribution is -0.143. The maximum atomic E-state index is 13.0. The number of nitrogens with zero attached hydrogens (tertiary/aromatic N) is 4. The largest absolute Gasteiger partial charge is 0.478 e. The normalized spacial score (nSPS) is 13.0. The zero-order valence-electron chi connectivity index (χ0n) is 13.9. The van der Waals surface area contributed by atoms with Crippen molar-refractivity contribution < 1.29 is 36.2 Å². The van der Waals surface area contributed by atoms with Gasteiger partial charge in [0.2, 0.25) is 0 Å². The SMILES string of the molecule is O=C(O)C(=Cn1cnc(-c2cc(C(F)(F)F)cc(C(F)(F)F)c2)n1)c1nccs1. The average molecular weight is 434 g/mol. The molecule has 6 nitrogen and oxygen atoms in total. The highest BCUT2D eigenvalue weighted by atomic mass is 32.1. The van der Waals surface area contributed by atoms with E-state index in [1.807, 2.05) is 0 Å². The van der Waals surface area contributed by atoms with Crippen LogP contribution in [0.15, 0.2) is 36.1 Å². The van der Waals surface area contributed by atoms with Crippen molar-refractivity contribution in [1.82, 2.24) is 19.7 Å². The number of hydrogen-bond donors (Lipinski definition) is 1. The van der Waals surface area contributed by atoms with Gasteiger partial charge in [-0.2, -0.15) is 26.3 Å². The van der Waals surface area contributed by atoms with E-state index in [1.54, 1.807) is 0 Å². The van der Waals surface area contributed by atoms with Gasteiger partial charge in [-0.15, -0.1) is 16.4 Å². The third kappa shape index (κ3) is 4.62. The number of thiazole rings is 1. The number of carbonyl (C=O) groups is 1. The molecule has 3 rings (SSSR count). The van der Waals surface area contributed by atoms with Crippen LogP contribution in [0.1, 0.15) is 16.1 Å².